The van der Waals surface area contributed by atoms with Gasteiger partial charge in [0, 0.05) is 44.4 Å². The summed E-state index contributed by atoms with van der Waals surface area (Å²) < 4.78 is 76.7. The topological polar surface area (TPSA) is 101 Å². The first kappa shape index (κ1) is 29.0. The molecule has 0 aliphatic carbocycles. The van der Waals surface area contributed by atoms with E-state index in [0.29, 0.717) is 18.7 Å². The largest absolute Gasteiger partial charge is 0.420 e. The molecule has 1 aromatic carbocycles. The van der Waals surface area contributed by atoms with Crippen LogP contribution in [-0.2, 0) is 21.5 Å². The van der Waals surface area contributed by atoms with Crippen molar-refractivity contribution in [2.45, 2.75) is 61.9 Å². The number of nitrogens with zero attached hydrogens (tertiary/aromatic N) is 4. The third-order valence-electron chi connectivity index (χ3n) is 8.85. The maximum atomic E-state index is 14.8. The smallest absolute Gasteiger partial charge is 0.366 e. The lowest BCUT2D eigenvalue weighted by Gasteiger charge is -2.38. The van der Waals surface area contributed by atoms with Gasteiger partial charge in [-0.3, -0.25) is 4.79 Å². The lowest BCUT2D eigenvalue weighted by Crippen LogP contribution is -2.51. The molecule has 228 valence electrons. The summed E-state index contributed by atoms with van der Waals surface area (Å²) in [7, 11) is 0.931. The zero-order valence-corrected chi connectivity index (χ0v) is 23.1. The molecule has 43 heavy (non-hydrogen) atoms. The number of rotatable bonds is 4. The molecule has 1 spiro atoms. The van der Waals surface area contributed by atoms with Gasteiger partial charge >= 0.3 is 12.2 Å². The molecule has 3 atom stereocenters. The number of fused-ring (bicyclic) bond motifs is 3. The van der Waals surface area contributed by atoms with Gasteiger partial charge in [-0.2, -0.15) is 13.2 Å². The van der Waals surface area contributed by atoms with E-state index in [1.165, 1.54) is 16.7 Å². The molecule has 14 heteroatoms. The molecule has 1 saturated heterocycles. The minimum Gasteiger partial charge on any atom is -0.366 e. The summed E-state index contributed by atoms with van der Waals surface area (Å²) in [5.74, 6) is -2.29. The van der Waals surface area contributed by atoms with Crippen LogP contribution in [0.25, 0.3) is 0 Å². The molecule has 1 unspecified atom stereocenters. The lowest BCUT2D eigenvalue weighted by atomic mass is 9.74. The molecule has 9 nitrogen and oxygen atoms in total. The summed E-state index contributed by atoms with van der Waals surface area (Å²) in [6, 6.07) is 6.07. The van der Waals surface area contributed by atoms with E-state index in [1.54, 1.807) is 17.2 Å². The minimum atomic E-state index is -4.76. The van der Waals surface area contributed by atoms with E-state index >= 15 is 0 Å². The number of carbonyl (C=O) groups excluding carboxylic acids is 2. The fourth-order valence-corrected chi connectivity index (χ4v) is 6.62. The van der Waals surface area contributed by atoms with E-state index in [2.05, 4.69) is 20.6 Å². The van der Waals surface area contributed by atoms with Crippen molar-refractivity contribution in [3.8, 4) is 0 Å². The van der Waals surface area contributed by atoms with Crippen molar-refractivity contribution in [3.63, 3.8) is 0 Å². The van der Waals surface area contributed by atoms with Crippen LogP contribution in [0.2, 0.25) is 0 Å². The number of anilines is 1. The van der Waals surface area contributed by atoms with Gasteiger partial charge in [0.05, 0.1) is 23.3 Å². The Hall–Kier alpha value is -4.07. The Balaban J connectivity index is 1.25. The molecule has 3 amide bonds. The SMILES string of the molecule is COC(c1cnc2n1C[C@H](c1cccc(F)c1F)CC[C@H]2NC(=O)N1CCC2(CC1)C(=O)Nc1ncccc12)C(F)(F)F. The van der Waals surface area contributed by atoms with Crippen molar-refractivity contribution in [3.05, 3.63) is 77.0 Å². The molecule has 6 rings (SSSR count). The van der Waals surface area contributed by atoms with Gasteiger partial charge in [0.2, 0.25) is 5.91 Å². The zero-order chi connectivity index (χ0) is 30.5. The van der Waals surface area contributed by atoms with Crippen molar-refractivity contribution < 1.29 is 36.3 Å². The van der Waals surface area contributed by atoms with Crippen LogP contribution in [0.15, 0.2) is 42.7 Å². The number of alkyl halides is 3. The van der Waals surface area contributed by atoms with E-state index in [-0.39, 0.29) is 55.5 Å². The predicted octanol–water partition coefficient (Wildman–Crippen LogP) is 5.12. The van der Waals surface area contributed by atoms with Crippen molar-refractivity contribution in [2.24, 2.45) is 0 Å². The summed E-state index contributed by atoms with van der Waals surface area (Å²) in [5, 5.41) is 5.72. The highest BCUT2D eigenvalue weighted by molar-refractivity contribution is 6.05. The standard InChI is InChI=1S/C29H29F5N6O3/c1-43-23(29(32,33)34)21-14-36-25-20(8-7-16(15-40(21)25)17-4-2-6-19(30)22(17)31)37-27(42)39-12-9-28(10-13-39)18-5-3-11-35-24(18)38-26(28)41/h2-6,11,14,16,20,23H,7-10,12-13,15H2,1H3,(H,37,42)(H,35,38,41)/t16-,20-,23?/m1/s1. The number of urea groups is 1. The number of halogens is 5. The van der Waals surface area contributed by atoms with Crippen LogP contribution in [0, 0.1) is 11.6 Å². The number of piperidine rings is 1. The van der Waals surface area contributed by atoms with Gasteiger partial charge < -0.3 is 24.8 Å². The summed E-state index contributed by atoms with van der Waals surface area (Å²) >= 11 is 0. The Morgan fingerprint density at radius 1 is 1.14 bits per heavy atom. The highest BCUT2D eigenvalue weighted by Crippen LogP contribution is 2.44. The van der Waals surface area contributed by atoms with Crippen molar-refractivity contribution in [1.82, 2.24) is 24.8 Å². The monoisotopic (exact) mass is 604 g/mol. The molecule has 0 radical (unpaired) electrons. The van der Waals surface area contributed by atoms with E-state index in [1.807, 2.05) is 6.07 Å². The summed E-state index contributed by atoms with van der Waals surface area (Å²) in [5.41, 5.74) is -0.258. The van der Waals surface area contributed by atoms with Crippen molar-refractivity contribution >= 4 is 17.8 Å². The van der Waals surface area contributed by atoms with Gasteiger partial charge in [0.1, 0.15) is 11.6 Å². The predicted molar refractivity (Wildman–Crippen MR) is 143 cm³/mol. The molecule has 3 aliphatic heterocycles. The van der Waals surface area contributed by atoms with Crippen molar-refractivity contribution in [1.29, 1.82) is 0 Å². The number of carbonyl (C=O) groups is 2. The molecule has 1 fully saturated rings. The summed E-state index contributed by atoms with van der Waals surface area (Å²) in [6.45, 7) is 0.399. The molecule has 5 heterocycles. The number of pyridine rings is 1. The Morgan fingerprint density at radius 3 is 2.63 bits per heavy atom. The number of hydrogen-bond acceptors (Lipinski definition) is 5. The maximum Gasteiger partial charge on any atom is 0.420 e. The number of nitrogens with one attached hydrogen (secondary N) is 2. The zero-order valence-electron chi connectivity index (χ0n) is 23.1. The number of aromatic nitrogens is 3. The van der Waals surface area contributed by atoms with Crippen molar-refractivity contribution in [2.75, 3.05) is 25.5 Å². The first-order valence-corrected chi connectivity index (χ1v) is 13.9. The van der Waals surface area contributed by atoms with E-state index in [0.717, 1.165) is 24.9 Å². The number of methoxy groups -OCH3 is 1. The first-order valence-electron chi connectivity index (χ1n) is 13.9. The van der Waals surface area contributed by atoms with Gasteiger partial charge in [0.15, 0.2) is 17.7 Å². The van der Waals surface area contributed by atoms with Crippen LogP contribution in [0.1, 0.15) is 66.4 Å². The van der Waals surface area contributed by atoms with Crippen LogP contribution >= 0.6 is 0 Å². The highest BCUT2D eigenvalue weighted by Gasteiger charge is 2.50. The molecule has 3 aliphatic rings. The maximum absolute atomic E-state index is 14.8. The molecule has 0 saturated carbocycles. The molecular weight excluding hydrogens is 575 g/mol. The molecular formula is C29H29F5N6O3. The number of imidazole rings is 1. The minimum absolute atomic E-state index is 0.0319. The fourth-order valence-electron chi connectivity index (χ4n) is 6.62. The number of ether oxygens (including phenoxy) is 1. The van der Waals surface area contributed by atoms with Gasteiger partial charge in [-0.05, 0) is 43.4 Å². The van der Waals surface area contributed by atoms with Crippen LogP contribution in [0.3, 0.4) is 0 Å². The van der Waals surface area contributed by atoms with Gasteiger partial charge in [-0.25, -0.2) is 23.5 Å². The second kappa shape index (κ2) is 10.9. The van der Waals surface area contributed by atoms with E-state index < -0.39 is 47.3 Å². The fraction of sp³-hybridized carbons (Fsp3) is 0.448. The van der Waals surface area contributed by atoms with Gasteiger partial charge in [-0.15, -0.1) is 0 Å². The van der Waals surface area contributed by atoms with E-state index in [4.69, 9.17) is 4.74 Å². The first-order chi connectivity index (χ1) is 20.5. The third kappa shape index (κ3) is 5.00. The molecule has 0 bridgehead atoms. The summed E-state index contributed by atoms with van der Waals surface area (Å²) in [6.07, 6.45) is -3.23. The van der Waals surface area contributed by atoms with Crippen LogP contribution in [0.5, 0.6) is 0 Å². The molecule has 3 aromatic rings. The number of benzene rings is 1. The van der Waals surface area contributed by atoms with Crippen LogP contribution in [0.4, 0.5) is 32.6 Å². The highest BCUT2D eigenvalue weighted by atomic mass is 19.4. The molecule has 2 N–H and O–H groups in total. The average molecular weight is 605 g/mol. The number of amides is 3. The summed E-state index contributed by atoms with van der Waals surface area (Å²) in [4.78, 5) is 36.4. The normalized spacial score (nSPS) is 22.0. The third-order valence-corrected chi connectivity index (χ3v) is 8.85. The molecule has 2 aromatic heterocycles. The second-order valence-corrected chi connectivity index (χ2v) is 11.2. The number of hydrogen-bond donors (Lipinski definition) is 2. The van der Waals surface area contributed by atoms with Crippen LogP contribution in [-0.4, -0.2) is 57.7 Å². The average Bonchev–Trinajstić information content (AvgIpc) is 3.43. The van der Waals surface area contributed by atoms with E-state index in [9.17, 15) is 31.5 Å². The Bertz CT molecular complexity index is 1550. The Labute approximate surface area is 243 Å². The quantitative estimate of drug-likeness (QED) is 0.403. The van der Waals surface area contributed by atoms with Gasteiger partial charge in [-0.1, -0.05) is 18.2 Å². The number of likely N-dealkylation sites (tertiary alicyclic amines) is 1. The van der Waals surface area contributed by atoms with Gasteiger partial charge in [0.25, 0.3) is 0 Å². The Morgan fingerprint density at radius 2 is 1.91 bits per heavy atom. The van der Waals surface area contributed by atoms with Crippen LogP contribution < -0.4 is 10.6 Å². The second-order valence-electron chi connectivity index (χ2n) is 11.2. The lowest BCUT2D eigenvalue weighted by molar-refractivity contribution is -0.218. The Kier molecular flexibility index (Phi) is 7.35.